The zero-order valence-electron chi connectivity index (χ0n) is 18.1. The summed E-state index contributed by atoms with van der Waals surface area (Å²) in [6, 6.07) is 5.16. The van der Waals surface area contributed by atoms with Crippen molar-refractivity contribution < 1.29 is 64.2 Å². The standard InChI is InChI=1S/C21H30O13/c22-4-10(9-1-2-11-12(3-9)32-8-31-11)6-29-21-19(28)17(26)16(25)14(34-21)7-30-20-18(27)15(24)13(5-23)33-20/h1-3,10,13-28H,4-8H2/t10?,13-,14-,15-,16-,17+,18+,19-,20-,21-/m1/s1. The van der Waals surface area contributed by atoms with Crippen molar-refractivity contribution in [1.82, 2.24) is 0 Å². The number of hydrogen-bond donors (Lipinski definition) is 7. The Labute approximate surface area is 194 Å². The molecule has 0 bridgehead atoms. The van der Waals surface area contributed by atoms with Gasteiger partial charge in [-0.05, 0) is 17.7 Å². The van der Waals surface area contributed by atoms with E-state index < -0.39 is 67.8 Å². The van der Waals surface area contributed by atoms with Gasteiger partial charge >= 0.3 is 0 Å². The van der Waals surface area contributed by atoms with Crippen molar-refractivity contribution in [3.63, 3.8) is 0 Å². The molecule has 2 saturated heterocycles. The molecular weight excluding hydrogens is 460 g/mol. The van der Waals surface area contributed by atoms with Gasteiger partial charge in [-0.2, -0.15) is 0 Å². The molecule has 1 aromatic carbocycles. The van der Waals surface area contributed by atoms with E-state index in [1.54, 1.807) is 18.2 Å². The molecule has 0 amide bonds. The summed E-state index contributed by atoms with van der Waals surface area (Å²) in [6.45, 7) is -1.19. The van der Waals surface area contributed by atoms with Crippen LogP contribution in [0.2, 0.25) is 0 Å². The fourth-order valence-corrected chi connectivity index (χ4v) is 4.02. The van der Waals surface area contributed by atoms with Gasteiger partial charge in [0.25, 0.3) is 0 Å². The first-order valence-corrected chi connectivity index (χ1v) is 10.9. The topological polar surface area (TPSA) is 197 Å². The average molecular weight is 490 g/mol. The second-order valence-electron chi connectivity index (χ2n) is 8.38. The van der Waals surface area contributed by atoms with Crippen LogP contribution in [0.1, 0.15) is 11.5 Å². The molecule has 34 heavy (non-hydrogen) atoms. The summed E-state index contributed by atoms with van der Waals surface area (Å²) in [6.07, 6.45) is -12.4. The highest BCUT2D eigenvalue weighted by Crippen LogP contribution is 2.35. The minimum Gasteiger partial charge on any atom is -0.454 e. The molecule has 3 heterocycles. The van der Waals surface area contributed by atoms with Gasteiger partial charge in [0.1, 0.15) is 42.7 Å². The van der Waals surface area contributed by atoms with Crippen LogP contribution in [0, 0.1) is 0 Å². The number of ether oxygens (including phenoxy) is 6. The molecule has 0 radical (unpaired) electrons. The Bertz CT molecular complexity index is 809. The van der Waals surface area contributed by atoms with Crippen molar-refractivity contribution in [1.29, 1.82) is 0 Å². The fourth-order valence-electron chi connectivity index (χ4n) is 4.02. The summed E-state index contributed by atoms with van der Waals surface area (Å²) in [4.78, 5) is 0. The molecule has 0 aromatic heterocycles. The molecule has 1 unspecified atom stereocenters. The minimum atomic E-state index is -1.63. The van der Waals surface area contributed by atoms with Crippen LogP contribution in [0.15, 0.2) is 18.2 Å². The Morgan fingerprint density at radius 1 is 0.794 bits per heavy atom. The molecule has 1 aromatic rings. The molecule has 3 aliphatic heterocycles. The zero-order valence-corrected chi connectivity index (χ0v) is 18.1. The van der Waals surface area contributed by atoms with Crippen LogP contribution in [0.25, 0.3) is 0 Å². The molecule has 4 rings (SSSR count). The summed E-state index contributed by atoms with van der Waals surface area (Å²) >= 11 is 0. The smallest absolute Gasteiger partial charge is 0.231 e. The van der Waals surface area contributed by atoms with Crippen molar-refractivity contribution in [3.8, 4) is 11.5 Å². The molecule has 3 aliphatic rings. The number of benzene rings is 1. The van der Waals surface area contributed by atoms with Gasteiger partial charge in [-0.15, -0.1) is 0 Å². The third-order valence-corrected chi connectivity index (χ3v) is 6.14. The van der Waals surface area contributed by atoms with E-state index in [-0.39, 0.29) is 26.6 Å². The summed E-state index contributed by atoms with van der Waals surface area (Å²) < 4.78 is 32.4. The summed E-state index contributed by atoms with van der Waals surface area (Å²) in [5.41, 5.74) is 0.696. The highest BCUT2D eigenvalue weighted by Gasteiger charge is 2.47. The van der Waals surface area contributed by atoms with E-state index in [0.29, 0.717) is 17.1 Å². The van der Waals surface area contributed by atoms with Gasteiger partial charge in [0, 0.05) is 5.92 Å². The lowest BCUT2D eigenvalue weighted by Crippen LogP contribution is -2.59. The summed E-state index contributed by atoms with van der Waals surface area (Å²) in [5, 5.41) is 69.6. The van der Waals surface area contributed by atoms with Crippen molar-refractivity contribution in [2.24, 2.45) is 0 Å². The molecule has 7 N–H and O–H groups in total. The lowest BCUT2D eigenvalue weighted by molar-refractivity contribution is -0.311. The lowest BCUT2D eigenvalue weighted by atomic mass is 9.98. The maximum atomic E-state index is 10.3. The Balaban J connectivity index is 1.35. The Hall–Kier alpha value is -1.62. The quantitative estimate of drug-likeness (QED) is 0.183. The number of aliphatic hydroxyl groups excluding tert-OH is 7. The third kappa shape index (κ3) is 5.15. The van der Waals surface area contributed by atoms with E-state index in [4.69, 9.17) is 33.5 Å². The molecular formula is C21H30O13. The van der Waals surface area contributed by atoms with Gasteiger partial charge in [-0.3, -0.25) is 0 Å². The second kappa shape index (κ2) is 11.0. The number of rotatable bonds is 9. The third-order valence-electron chi connectivity index (χ3n) is 6.14. The maximum Gasteiger partial charge on any atom is 0.231 e. The predicted octanol–water partition coefficient (Wildman–Crippen LogP) is -3.23. The van der Waals surface area contributed by atoms with E-state index in [1.807, 2.05) is 0 Å². The predicted molar refractivity (Wildman–Crippen MR) is 109 cm³/mol. The highest BCUT2D eigenvalue weighted by molar-refractivity contribution is 5.45. The fraction of sp³-hybridized carbons (Fsp3) is 0.714. The van der Waals surface area contributed by atoms with E-state index >= 15 is 0 Å². The van der Waals surface area contributed by atoms with Crippen LogP contribution in [0.4, 0.5) is 0 Å². The van der Waals surface area contributed by atoms with Crippen molar-refractivity contribution in [2.45, 2.75) is 61.2 Å². The van der Waals surface area contributed by atoms with Crippen LogP contribution in [-0.4, -0.2) is 124 Å². The number of aliphatic hydroxyl groups is 7. The van der Waals surface area contributed by atoms with Gasteiger partial charge in [-0.1, -0.05) is 6.07 Å². The largest absolute Gasteiger partial charge is 0.454 e. The lowest BCUT2D eigenvalue weighted by Gasteiger charge is -2.40. The van der Waals surface area contributed by atoms with Gasteiger partial charge < -0.3 is 64.2 Å². The van der Waals surface area contributed by atoms with Gasteiger partial charge in [0.05, 0.1) is 26.4 Å². The molecule has 10 atom stereocenters. The van der Waals surface area contributed by atoms with Crippen molar-refractivity contribution >= 4 is 0 Å². The molecule has 13 nitrogen and oxygen atoms in total. The maximum absolute atomic E-state index is 10.3. The molecule has 2 fully saturated rings. The summed E-state index contributed by atoms with van der Waals surface area (Å²) in [7, 11) is 0. The van der Waals surface area contributed by atoms with Gasteiger partial charge in [0.15, 0.2) is 24.1 Å². The average Bonchev–Trinajstić information content (AvgIpc) is 3.42. The molecule has 0 spiro atoms. The molecule has 192 valence electrons. The minimum absolute atomic E-state index is 0.0942. The SMILES string of the molecule is OCC(CO[C@@H]1O[C@H](CO[C@@H]2O[C@H](CO)[C@@H](O)[C@@H]2O)[C@@H](O)[C@H](O)[C@H]1O)c1ccc2c(c1)OCO2. The second-order valence-corrected chi connectivity index (χ2v) is 8.38. The van der Waals surface area contributed by atoms with E-state index in [1.165, 1.54) is 0 Å². The molecule has 0 aliphatic carbocycles. The van der Waals surface area contributed by atoms with Crippen LogP contribution in [0.3, 0.4) is 0 Å². The van der Waals surface area contributed by atoms with Crippen LogP contribution in [-0.2, 0) is 18.9 Å². The van der Waals surface area contributed by atoms with E-state index in [2.05, 4.69) is 0 Å². The molecule has 13 heteroatoms. The van der Waals surface area contributed by atoms with Crippen LogP contribution in [0.5, 0.6) is 11.5 Å². The summed E-state index contributed by atoms with van der Waals surface area (Å²) in [5.74, 6) is 0.606. The number of hydrogen-bond acceptors (Lipinski definition) is 13. The van der Waals surface area contributed by atoms with Crippen molar-refractivity contribution in [3.05, 3.63) is 23.8 Å². The van der Waals surface area contributed by atoms with E-state index in [9.17, 15) is 30.6 Å². The van der Waals surface area contributed by atoms with Crippen LogP contribution < -0.4 is 9.47 Å². The Morgan fingerprint density at radius 2 is 1.44 bits per heavy atom. The van der Waals surface area contributed by atoms with E-state index in [0.717, 1.165) is 0 Å². The highest BCUT2D eigenvalue weighted by atomic mass is 16.7. The van der Waals surface area contributed by atoms with Gasteiger partial charge in [-0.25, -0.2) is 0 Å². The zero-order chi connectivity index (χ0) is 24.4. The first-order chi connectivity index (χ1) is 16.3. The Kier molecular flexibility index (Phi) is 8.22. The normalized spacial score (nSPS) is 38.3. The first kappa shape index (κ1) is 25.5. The van der Waals surface area contributed by atoms with Crippen LogP contribution >= 0.6 is 0 Å². The van der Waals surface area contributed by atoms with Crippen molar-refractivity contribution in [2.75, 3.05) is 33.2 Å². The monoisotopic (exact) mass is 490 g/mol. The van der Waals surface area contributed by atoms with Gasteiger partial charge in [0.2, 0.25) is 6.79 Å². The first-order valence-electron chi connectivity index (χ1n) is 10.9. The number of fused-ring (bicyclic) bond motifs is 1. The Morgan fingerprint density at radius 3 is 2.15 bits per heavy atom. The molecule has 0 saturated carbocycles.